The van der Waals surface area contributed by atoms with Crippen LogP contribution >= 0.6 is 0 Å². The SMILES string of the molecule is COc1cc(C2CC(c3ccccn3)=NN2C(C)=O)cc(OC)c1OC. The number of hydrogen-bond acceptors (Lipinski definition) is 6. The summed E-state index contributed by atoms with van der Waals surface area (Å²) in [6, 6.07) is 9.05. The second-order valence-electron chi connectivity index (χ2n) is 5.80. The second-order valence-corrected chi connectivity index (χ2v) is 5.80. The monoisotopic (exact) mass is 355 g/mol. The van der Waals surface area contributed by atoms with Crippen molar-refractivity contribution in [2.45, 2.75) is 19.4 Å². The molecule has 26 heavy (non-hydrogen) atoms. The molecule has 1 aliphatic heterocycles. The van der Waals surface area contributed by atoms with Gasteiger partial charge in [0.25, 0.3) is 0 Å². The third-order valence-corrected chi connectivity index (χ3v) is 4.27. The molecule has 7 heteroatoms. The lowest BCUT2D eigenvalue weighted by atomic mass is 9.99. The Morgan fingerprint density at radius 1 is 1.12 bits per heavy atom. The first-order valence-corrected chi connectivity index (χ1v) is 8.17. The Kier molecular flexibility index (Phi) is 5.06. The van der Waals surface area contributed by atoms with Gasteiger partial charge < -0.3 is 14.2 Å². The average Bonchev–Trinajstić information content (AvgIpc) is 3.13. The van der Waals surface area contributed by atoms with E-state index in [1.807, 2.05) is 30.3 Å². The number of methoxy groups -OCH3 is 3. The molecule has 1 aromatic carbocycles. The van der Waals surface area contributed by atoms with Crippen LogP contribution in [0.25, 0.3) is 0 Å². The first kappa shape index (κ1) is 17.7. The van der Waals surface area contributed by atoms with Gasteiger partial charge in [-0.25, -0.2) is 5.01 Å². The maximum atomic E-state index is 12.1. The lowest BCUT2D eigenvalue weighted by molar-refractivity contribution is -0.130. The summed E-state index contributed by atoms with van der Waals surface area (Å²) < 4.78 is 16.2. The largest absolute Gasteiger partial charge is 0.493 e. The van der Waals surface area contributed by atoms with E-state index < -0.39 is 0 Å². The number of hydrazone groups is 1. The van der Waals surface area contributed by atoms with Gasteiger partial charge in [-0.1, -0.05) is 6.07 Å². The Hall–Kier alpha value is -3.09. The van der Waals surface area contributed by atoms with E-state index in [0.717, 1.165) is 17.0 Å². The van der Waals surface area contributed by atoms with E-state index in [2.05, 4.69) is 10.1 Å². The first-order chi connectivity index (χ1) is 12.6. The number of pyridine rings is 1. The van der Waals surface area contributed by atoms with Crippen molar-refractivity contribution in [1.29, 1.82) is 0 Å². The summed E-state index contributed by atoms with van der Waals surface area (Å²) in [5, 5.41) is 5.97. The molecule has 1 amide bonds. The molecule has 7 nitrogen and oxygen atoms in total. The van der Waals surface area contributed by atoms with Gasteiger partial charge in [0.2, 0.25) is 11.7 Å². The molecule has 0 N–H and O–H groups in total. The Morgan fingerprint density at radius 2 is 1.81 bits per heavy atom. The van der Waals surface area contributed by atoms with Crippen molar-refractivity contribution >= 4 is 11.6 Å². The van der Waals surface area contributed by atoms with Gasteiger partial charge in [0.1, 0.15) is 0 Å². The average molecular weight is 355 g/mol. The maximum Gasteiger partial charge on any atom is 0.240 e. The normalized spacial score (nSPS) is 16.2. The molecule has 0 saturated heterocycles. The number of hydrogen-bond donors (Lipinski definition) is 0. The van der Waals surface area contributed by atoms with Gasteiger partial charge in [0.15, 0.2) is 11.5 Å². The van der Waals surface area contributed by atoms with Crippen molar-refractivity contribution in [2.24, 2.45) is 5.10 Å². The van der Waals surface area contributed by atoms with Crippen LogP contribution in [0, 0.1) is 0 Å². The van der Waals surface area contributed by atoms with Crippen LogP contribution in [-0.4, -0.2) is 42.9 Å². The summed E-state index contributed by atoms with van der Waals surface area (Å²) in [5.74, 6) is 1.44. The number of rotatable bonds is 5. The Balaban J connectivity index is 2.02. The smallest absolute Gasteiger partial charge is 0.240 e. The molecule has 1 unspecified atom stereocenters. The van der Waals surface area contributed by atoms with E-state index in [1.54, 1.807) is 27.5 Å². The van der Waals surface area contributed by atoms with Crippen LogP contribution < -0.4 is 14.2 Å². The summed E-state index contributed by atoms with van der Waals surface area (Å²) >= 11 is 0. The van der Waals surface area contributed by atoms with Crippen molar-refractivity contribution in [3.05, 3.63) is 47.8 Å². The quantitative estimate of drug-likeness (QED) is 0.825. The molecule has 136 valence electrons. The van der Waals surface area contributed by atoms with E-state index in [9.17, 15) is 4.79 Å². The minimum Gasteiger partial charge on any atom is -0.493 e. The van der Waals surface area contributed by atoms with Crippen LogP contribution in [0.2, 0.25) is 0 Å². The topological polar surface area (TPSA) is 73.3 Å². The predicted octanol–water partition coefficient (Wildman–Crippen LogP) is 2.81. The fraction of sp³-hybridized carbons (Fsp3) is 0.316. The van der Waals surface area contributed by atoms with Gasteiger partial charge in [-0.05, 0) is 29.8 Å². The Morgan fingerprint density at radius 3 is 2.31 bits per heavy atom. The first-order valence-electron chi connectivity index (χ1n) is 8.17. The fourth-order valence-electron chi connectivity index (χ4n) is 3.04. The third kappa shape index (κ3) is 3.20. The van der Waals surface area contributed by atoms with Gasteiger partial charge in [-0.2, -0.15) is 5.10 Å². The van der Waals surface area contributed by atoms with Crippen molar-refractivity contribution in [3.63, 3.8) is 0 Å². The van der Waals surface area contributed by atoms with Gasteiger partial charge in [0.05, 0.1) is 38.8 Å². The summed E-state index contributed by atoms with van der Waals surface area (Å²) in [7, 11) is 4.68. The zero-order valence-electron chi connectivity index (χ0n) is 15.2. The second kappa shape index (κ2) is 7.43. The highest BCUT2D eigenvalue weighted by molar-refractivity contribution is 6.01. The van der Waals surface area contributed by atoms with Crippen LogP contribution in [0.1, 0.15) is 30.6 Å². The van der Waals surface area contributed by atoms with Gasteiger partial charge in [-0.3, -0.25) is 9.78 Å². The summed E-state index contributed by atoms with van der Waals surface area (Å²) in [5.41, 5.74) is 2.37. The summed E-state index contributed by atoms with van der Waals surface area (Å²) in [4.78, 5) is 16.5. The van der Waals surface area contributed by atoms with Gasteiger partial charge in [-0.15, -0.1) is 0 Å². The Labute approximate surface area is 152 Å². The number of nitrogens with zero attached hydrogens (tertiary/aromatic N) is 3. The molecule has 0 bridgehead atoms. The lowest BCUT2D eigenvalue weighted by Crippen LogP contribution is -2.24. The number of carbonyl (C=O) groups excluding carboxylic acids is 1. The van der Waals surface area contributed by atoms with Crippen LogP contribution in [0.5, 0.6) is 17.2 Å². The van der Waals surface area contributed by atoms with E-state index in [4.69, 9.17) is 14.2 Å². The molecule has 0 spiro atoms. The molecule has 2 aromatic rings. The lowest BCUT2D eigenvalue weighted by Gasteiger charge is -2.22. The molecule has 2 heterocycles. The summed E-state index contributed by atoms with van der Waals surface area (Å²) in [6.45, 7) is 1.50. The number of benzene rings is 1. The number of aromatic nitrogens is 1. The fourth-order valence-corrected chi connectivity index (χ4v) is 3.04. The molecule has 0 fully saturated rings. The molecule has 0 radical (unpaired) electrons. The van der Waals surface area contributed by atoms with Crippen LogP contribution in [-0.2, 0) is 4.79 Å². The number of carbonyl (C=O) groups is 1. The van der Waals surface area contributed by atoms with Crippen LogP contribution in [0.4, 0.5) is 0 Å². The Bertz CT molecular complexity index is 811. The highest BCUT2D eigenvalue weighted by Crippen LogP contribution is 2.42. The van der Waals surface area contributed by atoms with Crippen LogP contribution in [0.15, 0.2) is 41.6 Å². The van der Waals surface area contributed by atoms with E-state index >= 15 is 0 Å². The molecule has 1 aliphatic rings. The highest BCUT2D eigenvalue weighted by atomic mass is 16.5. The van der Waals surface area contributed by atoms with E-state index in [-0.39, 0.29) is 11.9 Å². The van der Waals surface area contributed by atoms with Crippen LogP contribution in [0.3, 0.4) is 0 Å². The molecule has 3 rings (SSSR count). The summed E-state index contributed by atoms with van der Waals surface area (Å²) in [6.07, 6.45) is 2.26. The molecular weight excluding hydrogens is 334 g/mol. The minimum absolute atomic E-state index is 0.144. The highest BCUT2D eigenvalue weighted by Gasteiger charge is 2.33. The predicted molar refractivity (Wildman–Crippen MR) is 96.8 cm³/mol. The molecule has 0 saturated carbocycles. The molecular formula is C19H21N3O4. The minimum atomic E-state index is -0.266. The van der Waals surface area contributed by atoms with Crippen molar-refractivity contribution in [2.75, 3.05) is 21.3 Å². The van der Waals surface area contributed by atoms with E-state index in [0.29, 0.717) is 23.7 Å². The van der Waals surface area contributed by atoms with E-state index in [1.165, 1.54) is 11.9 Å². The molecule has 0 aliphatic carbocycles. The number of amides is 1. The molecule has 1 aromatic heterocycles. The standard InChI is InChI=1S/C19H21N3O4/c1-12(23)22-16(11-15(21-22)14-7-5-6-8-20-14)13-9-17(24-2)19(26-4)18(10-13)25-3/h5-10,16H,11H2,1-4H3. The number of ether oxygens (including phenoxy) is 3. The van der Waals surface area contributed by atoms with Crippen molar-refractivity contribution < 1.29 is 19.0 Å². The maximum absolute atomic E-state index is 12.1. The zero-order valence-corrected chi connectivity index (χ0v) is 15.2. The molecule has 1 atom stereocenters. The van der Waals surface area contributed by atoms with Gasteiger partial charge in [0, 0.05) is 19.5 Å². The van der Waals surface area contributed by atoms with Gasteiger partial charge >= 0.3 is 0 Å². The third-order valence-electron chi connectivity index (χ3n) is 4.27. The van der Waals surface area contributed by atoms with Crippen molar-refractivity contribution in [1.82, 2.24) is 9.99 Å². The zero-order chi connectivity index (χ0) is 18.7. The van der Waals surface area contributed by atoms with Crippen molar-refractivity contribution in [3.8, 4) is 17.2 Å².